The fraction of sp³-hybridized carbons (Fsp3) is 1.00. The van der Waals surface area contributed by atoms with Crippen molar-refractivity contribution < 1.29 is 0 Å². The summed E-state index contributed by atoms with van der Waals surface area (Å²) in [7, 11) is 0. The number of nitrogens with two attached hydrogens (primary N) is 1. The van der Waals surface area contributed by atoms with E-state index in [0.717, 1.165) is 24.3 Å². The van der Waals surface area contributed by atoms with Gasteiger partial charge in [0.15, 0.2) is 0 Å². The highest BCUT2D eigenvalue weighted by Gasteiger charge is 2.32. The molecular formula is C15H32N2. The lowest BCUT2D eigenvalue weighted by molar-refractivity contribution is 0.114. The Hall–Kier alpha value is -0.0800. The minimum atomic E-state index is 0.412. The van der Waals surface area contributed by atoms with Crippen molar-refractivity contribution in [2.24, 2.45) is 29.4 Å². The molecule has 102 valence electrons. The van der Waals surface area contributed by atoms with Crippen LogP contribution >= 0.6 is 0 Å². The van der Waals surface area contributed by atoms with Gasteiger partial charge in [-0.25, -0.2) is 0 Å². The number of hydrogen-bond acceptors (Lipinski definition) is 2. The summed E-state index contributed by atoms with van der Waals surface area (Å²) in [5.41, 5.74) is 6.37. The topological polar surface area (TPSA) is 29.3 Å². The Morgan fingerprint density at radius 3 is 2.35 bits per heavy atom. The minimum absolute atomic E-state index is 0.412. The van der Waals surface area contributed by atoms with Crippen LogP contribution in [0.5, 0.6) is 0 Å². The highest BCUT2D eigenvalue weighted by atomic mass is 15.1. The van der Waals surface area contributed by atoms with Crippen LogP contribution < -0.4 is 5.73 Å². The average molecular weight is 240 g/mol. The first-order valence-electron chi connectivity index (χ1n) is 7.41. The van der Waals surface area contributed by atoms with Gasteiger partial charge >= 0.3 is 0 Å². The van der Waals surface area contributed by atoms with Gasteiger partial charge in [-0.1, -0.05) is 34.6 Å². The summed E-state index contributed by atoms with van der Waals surface area (Å²) in [5.74, 6) is 3.06. The van der Waals surface area contributed by atoms with Gasteiger partial charge in [0, 0.05) is 19.1 Å². The summed E-state index contributed by atoms with van der Waals surface area (Å²) in [4.78, 5) is 2.58. The highest BCUT2D eigenvalue weighted by Crippen LogP contribution is 2.33. The van der Waals surface area contributed by atoms with Gasteiger partial charge < -0.3 is 10.6 Å². The van der Waals surface area contributed by atoms with Gasteiger partial charge in [-0.3, -0.25) is 0 Å². The predicted octanol–water partition coefficient (Wildman–Crippen LogP) is 2.97. The smallest absolute Gasteiger partial charge is 0.00844 e. The van der Waals surface area contributed by atoms with Crippen molar-refractivity contribution in [3.05, 3.63) is 0 Å². The van der Waals surface area contributed by atoms with E-state index in [-0.39, 0.29) is 0 Å². The fourth-order valence-corrected chi connectivity index (χ4v) is 3.43. The van der Waals surface area contributed by atoms with Crippen molar-refractivity contribution in [2.45, 2.75) is 53.5 Å². The molecule has 0 radical (unpaired) electrons. The Morgan fingerprint density at radius 2 is 1.88 bits per heavy atom. The molecule has 1 fully saturated rings. The Kier molecular flexibility index (Phi) is 5.94. The Bertz CT molecular complexity index is 203. The summed E-state index contributed by atoms with van der Waals surface area (Å²) in [6, 6.07) is 0.412. The van der Waals surface area contributed by atoms with Crippen molar-refractivity contribution in [2.75, 3.05) is 19.6 Å². The van der Waals surface area contributed by atoms with Crippen molar-refractivity contribution in [3.8, 4) is 0 Å². The lowest BCUT2D eigenvalue weighted by Crippen LogP contribution is -2.47. The van der Waals surface area contributed by atoms with Crippen LogP contribution in [-0.2, 0) is 0 Å². The summed E-state index contributed by atoms with van der Waals surface area (Å²) < 4.78 is 0. The fourth-order valence-electron chi connectivity index (χ4n) is 3.43. The molecule has 17 heavy (non-hydrogen) atoms. The van der Waals surface area contributed by atoms with E-state index >= 15 is 0 Å². The maximum Gasteiger partial charge on any atom is 0.00844 e. The molecule has 0 amide bonds. The second-order valence-electron chi connectivity index (χ2n) is 6.63. The van der Waals surface area contributed by atoms with E-state index < -0.39 is 0 Å². The summed E-state index contributed by atoms with van der Waals surface area (Å²) >= 11 is 0. The zero-order chi connectivity index (χ0) is 13.0. The third-order valence-corrected chi connectivity index (χ3v) is 4.27. The molecule has 0 spiro atoms. The maximum absolute atomic E-state index is 6.37. The number of nitrogens with zero attached hydrogens (tertiary/aromatic N) is 1. The monoisotopic (exact) mass is 240 g/mol. The SMILES string of the molecule is CCN(CC(C)C)CC1C(C)CC(C)CC1N. The summed E-state index contributed by atoms with van der Waals surface area (Å²) in [6.45, 7) is 15.2. The molecule has 2 nitrogen and oxygen atoms in total. The number of hydrogen-bond donors (Lipinski definition) is 1. The van der Waals surface area contributed by atoms with Crippen LogP contribution in [0.15, 0.2) is 0 Å². The quantitative estimate of drug-likeness (QED) is 0.800. The second-order valence-corrected chi connectivity index (χ2v) is 6.63. The van der Waals surface area contributed by atoms with Gasteiger partial charge in [0.1, 0.15) is 0 Å². The molecule has 1 aliphatic rings. The second kappa shape index (κ2) is 6.75. The molecule has 0 saturated heterocycles. The molecule has 0 heterocycles. The van der Waals surface area contributed by atoms with E-state index in [2.05, 4.69) is 39.5 Å². The Labute approximate surface area is 108 Å². The molecule has 2 heteroatoms. The van der Waals surface area contributed by atoms with E-state index in [1.54, 1.807) is 0 Å². The van der Waals surface area contributed by atoms with Gasteiger partial charge in [0.05, 0.1) is 0 Å². The van der Waals surface area contributed by atoms with Crippen molar-refractivity contribution in [3.63, 3.8) is 0 Å². The minimum Gasteiger partial charge on any atom is -0.327 e. The number of rotatable bonds is 5. The zero-order valence-electron chi connectivity index (χ0n) is 12.4. The van der Waals surface area contributed by atoms with Crippen molar-refractivity contribution in [1.82, 2.24) is 4.90 Å². The molecule has 0 aromatic rings. The van der Waals surface area contributed by atoms with Gasteiger partial charge in [-0.2, -0.15) is 0 Å². The molecule has 0 bridgehead atoms. The van der Waals surface area contributed by atoms with E-state index in [4.69, 9.17) is 5.73 Å². The van der Waals surface area contributed by atoms with E-state index in [9.17, 15) is 0 Å². The molecule has 1 aliphatic carbocycles. The lowest BCUT2D eigenvalue weighted by Gasteiger charge is -2.40. The molecule has 0 aromatic carbocycles. The highest BCUT2D eigenvalue weighted by molar-refractivity contribution is 4.87. The molecule has 4 atom stereocenters. The molecule has 4 unspecified atom stereocenters. The Balaban J connectivity index is 2.52. The third-order valence-electron chi connectivity index (χ3n) is 4.27. The van der Waals surface area contributed by atoms with Gasteiger partial charge in [0.25, 0.3) is 0 Å². The largest absolute Gasteiger partial charge is 0.327 e. The third kappa shape index (κ3) is 4.59. The van der Waals surface area contributed by atoms with Crippen LogP contribution in [0, 0.1) is 23.7 Å². The lowest BCUT2D eigenvalue weighted by atomic mass is 9.72. The zero-order valence-corrected chi connectivity index (χ0v) is 12.4. The maximum atomic E-state index is 6.37. The Morgan fingerprint density at radius 1 is 1.24 bits per heavy atom. The average Bonchev–Trinajstić information content (AvgIpc) is 2.20. The van der Waals surface area contributed by atoms with Crippen molar-refractivity contribution >= 4 is 0 Å². The standard InChI is InChI=1S/C15H32N2/c1-6-17(9-11(2)3)10-14-13(5)7-12(4)8-15(14)16/h11-15H,6-10,16H2,1-5H3. The van der Waals surface area contributed by atoms with Gasteiger partial charge in [-0.15, -0.1) is 0 Å². The first-order chi connectivity index (χ1) is 7.93. The molecule has 2 N–H and O–H groups in total. The van der Waals surface area contributed by atoms with E-state index in [0.29, 0.717) is 12.0 Å². The molecule has 1 saturated carbocycles. The first-order valence-corrected chi connectivity index (χ1v) is 7.41. The predicted molar refractivity (Wildman–Crippen MR) is 76.0 cm³/mol. The van der Waals surface area contributed by atoms with Crippen LogP contribution in [0.1, 0.15) is 47.5 Å². The first kappa shape index (κ1) is 15.0. The van der Waals surface area contributed by atoms with Gasteiger partial charge in [0.2, 0.25) is 0 Å². The molecular weight excluding hydrogens is 208 g/mol. The summed E-state index contributed by atoms with van der Waals surface area (Å²) in [6.07, 6.45) is 2.58. The molecule has 0 aliphatic heterocycles. The molecule has 0 aromatic heterocycles. The van der Waals surface area contributed by atoms with Crippen LogP contribution in [-0.4, -0.2) is 30.6 Å². The van der Waals surface area contributed by atoms with Crippen LogP contribution in [0.4, 0.5) is 0 Å². The van der Waals surface area contributed by atoms with Gasteiger partial charge in [-0.05, 0) is 43.1 Å². The van der Waals surface area contributed by atoms with E-state index in [1.165, 1.54) is 25.9 Å². The summed E-state index contributed by atoms with van der Waals surface area (Å²) in [5, 5.41) is 0. The van der Waals surface area contributed by atoms with Crippen LogP contribution in [0.25, 0.3) is 0 Å². The van der Waals surface area contributed by atoms with Crippen molar-refractivity contribution in [1.29, 1.82) is 0 Å². The van der Waals surface area contributed by atoms with Crippen LogP contribution in [0.2, 0.25) is 0 Å². The van der Waals surface area contributed by atoms with Crippen LogP contribution in [0.3, 0.4) is 0 Å². The van der Waals surface area contributed by atoms with E-state index in [1.807, 2.05) is 0 Å². The molecule has 1 rings (SSSR count). The normalized spacial score (nSPS) is 34.6.